The van der Waals surface area contributed by atoms with E-state index in [1.807, 2.05) is 6.07 Å². The molecule has 5 heteroatoms. The summed E-state index contributed by atoms with van der Waals surface area (Å²) in [6.07, 6.45) is 0. The minimum atomic E-state index is -1.63. The van der Waals surface area contributed by atoms with Crippen LogP contribution in [0.25, 0.3) is 0 Å². The predicted octanol–water partition coefficient (Wildman–Crippen LogP) is -0.109. The van der Waals surface area contributed by atoms with Crippen molar-refractivity contribution in [3.05, 3.63) is 28.8 Å². The van der Waals surface area contributed by atoms with Crippen molar-refractivity contribution in [3.63, 3.8) is 0 Å². The summed E-state index contributed by atoms with van der Waals surface area (Å²) in [7, 11) is -1.63. The Hall–Kier alpha value is -1.02. The third-order valence-electron chi connectivity index (χ3n) is 1.43. The molecule has 60 valence electrons. The molecule has 0 heterocycles. The molecule has 0 aliphatic carbocycles. The Morgan fingerprint density at radius 1 is 1.42 bits per heavy atom. The van der Waals surface area contributed by atoms with Gasteiger partial charge in [-0.3, -0.25) is 0 Å². The Morgan fingerprint density at radius 2 is 2.08 bits per heavy atom. The molecule has 0 fully saturated rings. The van der Waals surface area contributed by atoms with Crippen LogP contribution in [0.2, 0.25) is 5.02 Å². The lowest BCUT2D eigenvalue weighted by molar-refractivity contribution is 0.426. The lowest BCUT2D eigenvalue weighted by Crippen LogP contribution is -2.31. The fourth-order valence-corrected chi connectivity index (χ4v) is 1.10. The lowest BCUT2D eigenvalue weighted by atomic mass is 9.79. The van der Waals surface area contributed by atoms with Crippen LogP contribution in [0.5, 0.6) is 0 Å². The van der Waals surface area contributed by atoms with E-state index in [4.69, 9.17) is 26.9 Å². The highest BCUT2D eigenvalue weighted by molar-refractivity contribution is 6.62. The molecule has 0 spiro atoms. The van der Waals surface area contributed by atoms with Gasteiger partial charge in [-0.15, -0.1) is 0 Å². The van der Waals surface area contributed by atoms with Crippen LogP contribution in [0, 0.1) is 11.3 Å². The molecule has 0 radical (unpaired) electrons. The topological polar surface area (TPSA) is 64.2 Å². The third kappa shape index (κ3) is 1.59. The van der Waals surface area contributed by atoms with E-state index in [9.17, 15) is 0 Å². The summed E-state index contributed by atoms with van der Waals surface area (Å²) >= 11 is 5.66. The van der Waals surface area contributed by atoms with Crippen LogP contribution in [0.3, 0.4) is 0 Å². The molecule has 1 aromatic rings. The molecule has 0 atom stereocenters. The highest BCUT2D eigenvalue weighted by Gasteiger charge is 2.16. The average Bonchev–Trinajstić information content (AvgIpc) is 2.04. The molecular weight excluding hydrogens is 176 g/mol. The van der Waals surface area contributed by atoms with Crippen LogP contribution >= 0.6 is 11.6 Å². The summed E-state index contributed by atoms with van der Waals surface area (Å²) in [5.74, 6) is 0. The van der Waals surface area contributed by atoms with Gasteiger partial charge in [-0.05, 0) is 6.07 Å². The smallest absolute Gasteiger partial charge is 0.423 e. The zero-order valence-electron chi connectivity index (χ0n) is 6.03. The number of benzene rings is 1. The van der Waals surface area contributed by atoms with Crippen molar-refractivity contribution in [2.24, 2.45) is 0 Å². The standard InChI is InChI=1S/C7H5BClNO2/c9-7-5(4-10)2-1-3-6(7)8(11)12/h1-3,11-12H. The van der Waals surface area contributed by atoms with Gasteiger partial charge in [0.15, 0.2) is 0 Å². The molecular formula is C7H5BClNO2. The molecule has 1 rings (SSSR count). The number of hydrogen-bond acceptors (Lipinski definition) is 3. The van der Waals surface area contributed by atoms with E-state index in [-0.39, 0.29) is 16.0 Å². The van der Waals surface area contributed by atoms with E-state index in [0.29, 0.717) is 0 Å². The largest absolute Gasteiger partial charge is 0.490 e. The van der Waals surface area contributed by atoms with Crippen LogP contribution in [0.4, 0.5) is 0 Å². The molecule has 12 heavy (non-hydrogen) atoms. The molecule has 0 aliphatic rings. The molecule has 0 aliphatic heterocycles. The normalized spacial score (nSPS) is 9.17. The van der Waals surface area contributed by atoms with Crippen LogP contribution in [0.15, 0.2) is 18.2 Å². The first-order valence-electron chi connectivity index (χ1n) is 3.21. The van der Waals surface area contributed by atoms with Gasteiger partial charge in [0.1, 0.15) is 6.07 Å². The van der Waals surface area contributed by atoms with Gasteiger partial charge < -0.3 is 10.0 Å². The summed E-state index contributed by atoms with van der Waals surface area (Å²) < 4.78 is 0. The van der Waals surface area contributed by atoms with Crippen molar-refractivity contribution in [2.45, 2.75) is 0 Å². The molecule has 0 amide bonds. The number of halogens is 1. The highest BCUT2D eigenvalue weighted by Crippen LogP contribution is 2.11. The maximum atomic E-state index is 8.79. The Kier molecular flexibility index (Phi) is 2.72. The number of nitriles is 1. The Bertz CT molecular complexity index is 335. The second kappa shape index (κ2) is 3.59. The quantitative estimate of drug-likeness (QED) is 0.594. The zero-order chi connectivity index (χ0) is 9.14. The maximum absolute atomic E-state index is 8.79. The van der Waals surface area contributed by atoms with Crippen LogP contribution in [-0.4, -0.2) is 17.2 Å². The summed E-state index contributed by atoms with van der Waals surface area (Å²) in [6, 6.07) is 6.34. The van der Waals surface area contributed by atoms with Gasteiger partial charge in [-0.2, -0.15) is 5.26 Å². The molecule has 0 unspecified atom stereocenters. The van der Waals surface area contributed by atoms with E-state index < -0.39 is 7.12 Å². The summed E-state index contributed by atoms with van der Waals surface area (Å²) in [6.45, 7) is 0. The van der Waals surface area contributed by atoms with E-state index in [1.54, 1.807) is 6.07 Å². The van der Waals surface area contributed by atoms with Gasteiger partial charge in [-0.1, -0.05) is 23.7 Å². The average molecular weight is 181 g/mol. The van der Waals surface area contributed by atoms with Crippen molar-refractivity contribution in [1.82, 2.24) is 0 Å². The van der Waals surface area contributed by atoms with Crippen LogP contribution in [0.1, 0.15) is 5.56 Å². The van der Waals surface area contributed by atoms with Crippen LogP contribution in [-0.2, 0) is 0 Å². The first kappa shape index (κ1) is 9.08. The SMILES string of the molecule is N#Cc1cccc(B(O)O)c1Cl. The summed E-state index contributed by atoms with van der Waals surface area (Å²) in [5, 5.41) is 26.2. The highest BCUT2D eigenvalue weighted by atomic mass is 35.5. The lowest BCUT2D eigenvalue weighted by Gasteiger charge is -2.02. The van der Waals surface area contributed by atoms with Gasteiger partial charge >= 0.3 is 7.12 Å². The van der Waals surface area contributed by atoms with Crippen molar-refractivity contribution >= 4 is 24.2 Å². The molecule has 2 N–H and O–H groups in total. The maximum Gasteiger partial charge on any atom is 0.490 e. The van der Waals surface area contributed by atoms with Gasteiger partial charge in [0.25, 0.3) is 0 Å². The first-order chi connectivity index (χ1) is 5.66. The number of nitrogens with zero attached hydrogens (tertiary/aromatic N) is 1. The van der Waals surface area contributed by atoms with E-state index in [1.165, 1.54) is 12.1 Å². The molecule has 0 saturated carbocycles. The molecule has 0 bridgehead atoms. The van der Waals surface area contributed by atoms with Gasteiger partial charge in [0.2, 0.25) is 0 Å². The zero-order valence-corrected chi connectivity index (χ0v) is 6.78. The van der Waals surface area contributed by atoms with Crippen molar-refractivity contribution in [1.29, 1.82) is 5.26 Å². The van der Waals surface area contributed by atoms with Gasteiger partial charge in [0, 0.05) is 5.46 Å². The van der Waals surface area contributed by atoms with E-state index in [2.05, 4.69) is 0 Å². The fraction of sp³-hybridized carbons (Fsp3) is 0. The monoisotopic (exact) mass is 181 g/mol. The van der Waals surface area contributed by atoms with Gasteiger partial charge in [0.05, 0.1) is 10.6 Å². The van der Waals surface area contributed by atoms with E-state index in [0.717, 1.165) is 0 Å². The Balaban J connectivity index is 3.25. The van der Waals surface area contributed by atoms with E-state index >= 15 is 0 Å². The molecule has 0 aromatic heterocycles. The predicted molar refractivity (Wildman–Crippen MR) is 46.0 cm³/mol. The first-order valence-corrected chi connectivity index (χ1v) is 3.59. The summed E-state index contributed by atoms with van der Waals surface area (Å²) in [5.41, 5.74) is 0.387. The second-order valence-electron chi connectivity index (χ2n) is 2.19. The van der Waals surface area contributed by atoms with Crippen molar-refractivity contribution in [2.75, 3.05) is 0 Å². The Morgan fingerprint density at radius 3 is 2.58 bits per heavy atom. The van der Waals surface area contributed by atoms with Crippen molar-refractivity contribution < 1.29 is 10.0 Å². The van der Waals surface area contributed by atoms with Crippen molar-refractivity contribution in [3.8, 4) is 6.07 Å². The number of hydrogen-bond donors (Lipinski definition) is 2. The fourth-order valence-electron chi connectivity index (χ4n) is 0.836. The minimum absolute atomic E-state index is 0.0926. The molecule has 0 saturated heterocycles. The summed E-state index contributed by atoms with van der Waals surface area (Å²) in [4.78, 5) is 0. The molecule has 1 aromatic carbocycles. The Labute approximate surface area is 75.0 Å². The molecule has 3 nitrogen and oxygen atoms in total. The van der Waals surface area contributed by atoms with Gasteiger partial charge in [-0.25, -0.2) is 0 Å². The third-order valence-corrected chi connectivity index (χ3v) is 1.85. The number of rotatable bonds is 1. The second-order valence-corrected chi connectivity index (χ2v) is 2.57. The van der Waals surface area contributed by atoms with Crippen LogP contribution < -0.4 is 5.46 Å². The minimum Gasteiger partial charge on any atom is -0.423 e.